The summed E-state index contributed by atoms with van der Waals surface area (Å²) in [6, 6.07) is 2.28. The Labute approximate surface area is 115 Å². The van der Waals surface area contributed by atoms with Gasteiger partial charge in [-0.2, -0.15) is 5.10 Å². The van der Waals surface area contributed by atoms with Crippen molar-refractivity contribution in [2.24, 2.45) is 5.41 Å². The summed E-state index contributed by atoms with van der Waals surface area (Å²) < 4.78 is 7.45. The molecule has 19 heavy (non-hydrogen) atoms. The summed E-state index contributed by atoms with van der Waals surface area (Å²) in [5, 5.41) is 17.5. The minimum Gasteiger partial charge on any atom is -0.390 e. The minimum absolute atomic E-state index is 0.140. The summed E-state index contributed by atoms with van der Waals surface area (Å²) in [5.74, 6) is 0. The van der Waals surface area contributed by atoms with Crippen molar-refractivity contribution >= 4 is 0 Å². The van der Waals surface area contributed by atoms with Crippen molar-refractivity contribution in [3.05, 3.63) is 18.5 Å². The SMILES string of the molecule is CCOC1CC(NCC(O)Cn2cccn2)C1(C)C. The van der Waals surface area contributed by atoms with Gasteiger partial charge in [0.15, 0.2) is 0 Å². The third kappa shape index (κ3) is 3.35. The number of aromatic nitrogens is 2. The largest absolute Gasteiger partial charge is 0.390 e. The fraction of sp³-hybridized carbons (Fsp3) is 0.786. The molecule has 0 amide bonds. The van der Waals surface area contributed by atoms with Crippen molar-refractivity contribution in [1.82, 2.24) is 15.1 Å². The highest BCUT2D eigenvalue weighted by atomic mass is 16.5. The van der Waals surface area contributed by atoms with Crippen LogP contribution >= 0.6 is 0 Å². The average molecular weight is 267 g/mol. The Hall–Kier alpha value is -0.910. The fourth-order valence-corrected chi connectivity index (χ4v) is 2.68. The van der Waals surface area contributed by atoms with Crippen molar-refractivity contribution in [1.29, 1.82) is 0 Å². The number of aliphatic hydroxyl groups is 1. The summed E-state index contributed by atoms with van der Waals surface area (Å²) in [6.45, 7) is 8.35. The molecule has 1 aliphatic carbocycles. The van der Waals surface area contributed by atoms with Gasteiger partial charge in [0.05, 0.1) is 18.8 Å². The Bertz CT molecular complexity index is 378. The van der Waals surface area contributed by atoms with Crippen molar-refractivity contribution in [2.75, 3.05) is 13.2 Å². The molecule has 0 bridgehead atoms. The smallest absolute Gasteiger partial charge is 0.0860 e. The van der Waals surface area contributed by atoms with E-state index < -0.39 is 6.10 Å². The Kier molecular flexibility index (Phi) is 4.60. The van der Waals surface area contributed by atoms with Gasteiger partial charge in [-0.1, -0.05) is 13.8 Å². The zero-order chi connectivity index (χ0) is 13.9. The fourth-order valence-electron chi connectivity index (χ4n) is 2.68. The van der Waals surface area contributed by atoms with Crippen LogP contribution in [0.4, 0.5) is 0 Å². The van der Waals surface area contributed by atoms with E-state index in [1.807, 2.05) is 19.2 Å². The maximum Gasteiger partial charge on any atom is 0.0860 e. The van der Waals surface area contributed by atoms with E-state index in [0.29, 0.717) is 25.2 Å². The summed E-state index contributed by atoms with van der Waals surface area (Å²) in [4.78, 5) is 0. The van der Waals surface area contributed by atoms with Crippen LogP contribution in [0, 0.1) is 5.41 Å². The molecule has 0 aromatic carbocycles. The highest BCUT2D eigenvalue weighted by Gasteiger charge is 2.48. The topological polar surface area (TPSA) is 59.3 Å². The molecule has 1 aliphatic rings. The van der Waals surface area contributed by atoms with Crippen LogP contribution in [-0.4, -0.2) is 46.3 Å². The van der Waals surface area contributed by atoms with E-state index in [2.05, 4.69) is 24.3 Å². The predicted molar refractivity (Wildman–Crippen MR) is 73.8 cm³/mol. The lowest BCUT2D eigenvalue weighted by atomic mass is 9.64. The first-order chi connectivity index (χ1) is 9.04. The first-order valence-electron chi connectivity index (χ1n) is 7.04. The number of hydrogen-bond acceptors (Lipinski definition) is 4. The van der Waals surface area contributed by atoms with Crippen LogP contribution in [0.15, 0.2) is 18.5 Å². The van der Waals surface area contributed by atoms with E-state index in [0.717, 1.165) is 13.0 Å². The average Bonchev–Trinajstić information content (AvgIpc) is 2.85. The summed E-state index contributed by atoms with van der Waals surface area (Å²) >= 11 is 0. The van der Waals surface area contributed by atoms with Gasteiger partial charge in [-0.3, -0.25) is 4.68 Å². The lowest BCUT2D eigenvalue weighted by molar-refractivity contribution is -0.115. The summed E-state index contributed by atoms with van der Waals surface area (Å²) in [7, 11) is 0. The minimum atomic E-state index is -0.415. The monoisotopic (exact) mass is 267 g/mol. The van der Waals surface area contributed by atoms with Crippen LogP contribution in [-0.2, 0) is 11.3 Å². The van der Waals surface area contributed by atoms with Crippen LogP contribution < -0.4 is 5.32 Å². The molecular weight excluding hydrogens is 242 g/mol. The van der Waals surface area contributed by atoms with Gasteiger partial charge in [-0.15, -0.1) is 0 Å². The standard InChI is InChI=1S/C14H25N3O2/c1-4-19-13-8-12(14(13,2)3)15-9-11(18)10-17-7-5-6-16-17/h5-7,11-13,15,18H,4,8-10H2,1-3H3. The van der Waals surface area contributed by atoms with E-state index in [9.17, 15) is 5.11 Å². The Morgan fingerprint density at radius 3 is 2.95 bits per heavy atom. The van der Waals surface area contributed by atoms with Crippen molar-refractivity contribution in [3.63, 3.8) is 0 Å². The molecule has 2 N–H and O–H groups in total. The second-order valence-electron chi connectivity index (χ2n) is 5.84. The lowest BCUT2D eigenvalue weighted by Gasteiger charge is -2.52. The molecule has 3 atom stereocenters. The van der Waals surface area contributed by atoms with Gasteiger partial charge in [-0.25, -0.2) is 0 Å². The van der Waals surface area contributed by atoms with Gasteiger partial charge in [0.25, 0.3) is 0 Å². The molecule has 1 heterocycles. The Balaban J connectivity index is 1.71. The van der Waals surface area contributed by atoms with E-state index in [-0.39, 0.29) is 5.41 Å². The van der Waals surface area contributed by atoms with Crippen LogP contribution in [0.25, 0.3) is 0 Å². The van der Waals surface area contributed by atoms with E-state index >= 15 is 0 Å². The van der Waals surface area contributed by atoms with Crippen molar-refractivity contribution < 1.29 is 9.84 Å². The van der Waals surface area contributed by atoms with E-state index in [1.165, 1.54) is 0 Å². The number of nitrogens with zero attached hydrogens (tertiary/aromatic N) is 2. The molecule has 3 unspecified atom stereocenters. The maximum atomic E-state index is 9.97. The molecule has 0 saturated heterocycles. The molecule has 1 aromatic heterocycles. The quantitative estimate of drug-likeness (QED) is 0.775. The van der Waals surface area contributed by atoms with Gasteiger partial charge in [0, 0.05) is 37.0 Å². The number of ether oxygens (including phenoxy) is 1. The van der Waals surface area contributed by atoms with Crippen LogP contribution in [0.1, 0.15) is 27.2 Å². The number of hydrogen-bond donors (Lipinski definition) is 2. The van der Waals surface area contributed by atoms with Gasteiger partial charge in [0.1, 0.15) is 0 Å². The van der Waals surface area contributed by atoms with Gasteiger partial charge in [0.2, 0.25) is 0 Å². The zero-order valence-corrected chi connectivity index (χ0v) is 12.0. The second-order valence-corrected chi connectivity index (χ2v) is 5.84. The zero-order valence-electron chi connectivity index (χ0n) is 12.0. The van der Waals surface area contributed by atoms with E-state index in [1.54, 1.807) is 10.9 Å². The molecule has 1 fully saturated rings. The Morgan fingerprint density at radius 2 is 2.37 bits per heavy atom. The first-order valence-corrected chi connectivity index (χ1v) is 7.04. The van der Waals surface area contributed by atoms with Crippen LogP contribution in [0.3, 0.4) is 0 Å². The van der Waals surface area contributed by atoms with Gasteiger partial charge < -0.3 is 15.2 Å². The maximum absolute atomic E-state index is 9.97. The molecule has 0 spiro atoms. The molecular formula is C14H25N3O2. The van der Waals surface area contributed by atoms with Gasteiger partial charge in [-0.05, 0) is 19.4 Å². The second kappa shape index (κ2) is 6.03. The molecule has 0 radical (unpaired) electrons. The van der Waals surface area contributed by atoms with Crippen molar-refractivity contribution in [2.45, 2.75) is 52.0 Å². The van der Waals surface area contributed by atoms with Gasteiger partial charge >= 0.3 is 0 Å². The predicted octanol–water partition coefficient (Wildman–Crippen LogP) is 1.04. The first kappa shape index (κ1) is 14.5. The molecule has 1 aromatic rings. The third-order valence-electron chi connectivity index (χ3n) is 4.10. The van der Waals surface area contributed by atoms with Crippen LogP contribution in [0.2, 0.25) is 0 Å². The summed E-state index contributed by atoms with van der Waals surface area (Å²) in [5.41, 5.74) is 0.140. The number of nitrogens with one attached hydrogen (secondary N) is 1. The molecule has 108 valence electrons. The summed E-state index contributed by atoms with van der Waals surface area (Å²) in [6.07, 6.45) is 4.53. The lowest BCUT2D eigenvalue weighted by Crippen LogP contribution is -2.61. The molecule has 2 rings (SSSR count). The Morgan fingerprint density at radius 1 is 1.58 bits per heavy atom. The molecule has 5 nitrogen and oxygen atoms in total. The highest BCUT2D eigenvalue weighted by Crippen LogP contribution is 2.42. The van der Waals surface area contributed by atoms with Crippen molar-refractivity contribution in [3.8, 4) is 0 Å². The number of rotatable bonds is 7. The molecule has 5 heteroatoms. The molecule has 0 aliphatic heterocycles. The third-order valence-corrected chi connectivity index (χ3v) is 4.10. The van der Waals surface area contributed by atoms with E-state index in [4.69, 9.17) is 4.74 Å². The van der Waals surface area contributed by atoms with Crippen LogP contribution in [0.5, 0.6) is 0 Å². The normalized spacial score (nSPS) is 26.9. The molecule has 1 saturated carbocycles. The number of aliphatic hydroxyl groups excluding tert-OH is 1. The highest BCUT2D eigenvalue weighted by molar-refractivity contribution is 5.02.